The van der Waals surface area contributed by atoms with Crippen molar-refractivity contribution in [2.45, 2.75) is 11.8 Å². The van der Waals surface area contributed by atoms with Crippen LogP contribution in [-0.2, 0) is 14.8 Å². The molecule has 0 saturated heterocycles. The van der Waals surface area contributed by atoms with Crippen LogP contribution >= 0.6 is 0 Å². The fraction of sp³-hybridized carbons (Fsp3) is 0.500. The summed E-state index contributed by atoms with van der Waals surface area (Å²) in [4.78, 5) is 0.202. The smallest absolute Gasteiger partial charge is 0.241 e. The van der Waals surface area contributed by atoms with Gasteiger partial charge in [-0.1, -0.05) is 0 Å². The summed E-state index contributed by atoms with van der Waals surface area (Å²) in [6, 6.07) is 3.18. The van der Waals surface area contributed by atoms with Crippen molar-refractivity contribution in [3.05, 3.63) is 17.7 Å². The molecule has 0 spiro atoms. The van der Waals surface area contributed by atoms with Gasteiger partial charge < -0.3 is 14.2 Å². The van der Waals surface area contributed by atoms with Crippen LogP contribution in [0.5, 0.6) is 11.5 Å². The summed E-state index contributed by atoms with van der Waals surface area (Å²) >= 11 is 0. The van der Waals surface area contributed by atoms with Crippen LogP contribution in [0, 0.1) is 6.92 Å². The normalized spacial score (nSPS) is 14.4. The van der Waals surface area contributed by atoms with Gasteiger partial charge in [-0.2, -0.15) is 0 Å². The van der Waals surface area contributed by atoms with Gasteiger partial charge in [-0.3, -0.25) is 0 Å². The van der Waals surface area contributed by atoms with Crippen molar-refractivity contribution in [1.29, 1.82) is 0 Å². The maximum atomic E-state index is 12.2. The first-order valence-corrected chi connectivity index (χ1v) is 7.42. The molecule has 0 radical (unpaired) electrons. The van der Waals surface area contributed by atoms with Crippen LogP contribution in [0.2, 0.25) is 0 Å². The summed E-state index contributed by atoms with van der Waals surface area (Å²) in [6.07, 6.45) is 0. The molecule has 0 atom stereocenters. The molecule has 1 aromatic rings. The van der Waals surface area contributed by atoms with Crippen molar-refractivity contribution in [2.75, 3.05) is 33.5 Å². The third kappa shape index (κ3) is 3.17. The van der Waals surface area contributed by atoms with E-state index in [-0.39, 0.29) is 11.4 Å². The molecule has 0 bridgehead atoms. The molecule has 1 N–H and O–H groups in total. The zero-order chi connectivity index (χ0) is 13.9. The number of ether oxygens (including phenoxy) is 3. The average molecular weight is 287 g/mol. The van der Waals surface area contributed by atoms with E-state index < -0.39 is 10.0 Å². The van der Waals surface area contributed by atoms with Crippen molar-refractivity contribution >= 4 is 10.0 Å². The van der Waals surface area contributed by atoms with Gasteiger partial charge in [0.2, 0.25) is 10.0 Å². The van der Waals surface area contributed by atoms with Crippen molar-refractivity contribution < 1.29 is 22.6 Å². The Hall–Kier alpha value is -1.31. The topological polar surface area (TPSA) is 73.9 Å². The maximum Gasteiger partial charge on any atom is 0.241 e. The van der Waals surface area contributed by atoms with E-state index in [1.807, 2.05) is 0 Å². The predicted octanol–water partition coefficient (Wildman–Crippen LogP) is 0.691. The number of rotatable bonds is 5. The summed E-state index contributed by atoms with van der Waals surface area (Å²) in [5.41, 5.74) is 0.620. The highest BCUT2D eigenvalue weighted by Crippen LogP contribution is 2.34. The van der Waals surface area contributed by atoms with Crippen LogP contribution in [0.1, 0.15) is 5.56 Å². The number of sulfonamides is 1. The summed E-state index contributed by atoms with van der Waals surface area (Å²) in [5.74, 6) is 1.04. The van der Waals surface area contributed by atoms with Gasteiger partial charge in [0.25, 0.3) is 0 Å². The highest BCUT2D eigenvalue weighted by atomic mass is 32.2. The quantitative estimate of drug-likeness (QED) is 0.807. The molecule has 0 fully saturated rings. The van der Waals surface area contributed by atoms with Crippen molar-refractivity contribution in [2.24, 2.45) is 0 Å². The molecule has 0 unspecified atom stereocenters. The SMILES string of the molecule is COCCNS(=O)(=O)c1cc2c(cc1C)OCCO2. The Labute approximate surface area is 112 Å². The molecule has 1 heterocycles. The van der Waals surface area contributed by atoms with Gasteiger partial charge in [0.05, 0.1) is 11.5 Å². The van der Waals surface area contributed by atoms with Crippen molar-refractivity contribution in [3.8, 4) is 11.5 Å². The number of nitrogens with one attached hydrogen (secondary N) is 1. The predicted molar refractivity (Wildman–Crippen MR) is 69.2 cm³/mol. The molecule has 1 aliphatic rings. The lowest BCUT2D eigenvalue weighted by Crippen LogP contribution is -2.28. The van der Waals surface area contributed by atoms with Gasteiger partial charge in [-0.05, 0) is 18.6 Å². The summed E-state index contributed by atoms with van der Waals surface area (Å²) in [5, 5.41) is 0. The van der Waals surface area contributed by atoms with Crippen LogP contribution in [0.3, 0.4) is 0 Å². The third-order valence-electron chi connectivity index (χ3n) is 2.73. The van der Waals surface area contributed by atoms with Gasteiger partial charge in [0, 0.05) is 19.7 Å². The Balaban J connectivity index is 2.28. The second-order valence-electron chi connectivity index (χ2n) is 4.15. The summed E-state index contributed by atoms with van der Waals surface area (Å²) in [7, 11) is -2.04. The highest BCUT2D eigenvalue weighted by molar-refractivity contribution is 7.89. The molecular formula is C12H17NO5S. The first kappa shape index (κ1) is 14.1. The van der Waals surface area contributed by atoms with Crippen LogP contribution in [0.4, 0.5) is 0 Å². The number of fused-ring (bicyclic) bond motifs is 1. The number of benzene rings is 1. The Morgan fingerprint density at radius 1 is 1.26 bits per heavy atom. The van der Waals surface area contributed by atoms with Gasteiger partial charge in [0.15, 0.2) is 11.5 Å². The molecule has 0 amide bonds. The molecule has 0 aliphatic carbocycles. The monoisotopic (exact) mass is 287 g/mol. The van der Waals surface area contributed by atoms with E-state index in [0.717, 1.165) is 0 Å². The van der Waals surface area contributed by atoms with E-state index >= 15 is 0 Å². The first-order chi connectivity index (χ1) is 9.04. The fourth-order valence-electron chi connectivity index (χ4n) is 1.82. The maximum absolute atomic E-state index is 12.2. The van der Waals surface area contributed by atoms with E-state index in [4.69, 9.17) is 14.2 Å². The van der Waals surface area contributed by atoms with E-state index in [2.05, 4.69) is 4.72 Å². The minimum Gasteiger partial charge on any atom is -0.486 e. The van der Waals surface area contributed by atoms with Gasteiger partial charge in [-0.15, -0.1) is 0 Å². The van der Waals surface area contributed by atoms with E-state index in [0.29, 0.717) is 36.9 Å². The fourth-order valence-corrected chi connectivity index (χ4v) is 3.07. The minimum absolute atomic E-state index is 0.202. The number of hydrogen-bond acceptors (Lipinski definition) is 5. The van der Waals surface area contributed by atoms with Crippen LogP contribution in [-0.4, -0.2) is 41.9 Å². The van der Waals surface area contributed by atoms with Crippen molar-refractivity contribution in [1.82, 2.24) is 4.72 Å². The van der Waals surface area contributed by atoms with Gasteiger partial charge in [0.1, 0.15) is 13.2 Å². The second-order valence-corrected chi connectivity index (χ2v) is 5.89. The molecule has 1 aliphatic heterocycles. The van der Waals surface area contributed by atoms with Crippen LogP contribution in [0.25, 0.3) is 0 Å². The Bertz CT molecular complexity index is 555. The largest absolute Gasteiger partial charge is 0.486 e. The minimum atomic E-state index is -3.56. The van der Waals surface area contributed by atoms with Crippen molar-refractivity contribution in [3.63, 3.8) is 0 Å². The summed E-state index contributed by atoms with van der Waals surface area (Å²) in [6.45, 7) is 3.18. The van der Waals surface area contributed by atoms with Gasteiger partial charge >= 0.3 is 0 Å². The zero-order valence-corrected chi connectivity index (χ0v) is 11.7. The Morgan fingerprint density at radius 2 is 1.89 bits per heavy atom. The lowest BCUT2D eigenvalue weighted by molar-refractivity contribution is 0.171. The number of methoxy groups -OCH3 is 1. The van der Waals surface area contributed by atoms with Crippen LogP contribution in [0.15, 0.2) is 17.0 Å². The van der Waals surface area contributed by atoms with Crippen LogP contribution < -0.4 is 14.2 Å². The lowest BCUT2D eigenvalue weighted by atomic mass is 10.2. The number of aryl methyl sites for hydroxylation is 1. The molecule has 19 heavy (non-hydrogen) atoms. The third-order valence-corrected chi connectivity index (χ3v) is 4.33. The molecule has 106 valence electrons. The molecule has 0 aromatic heterocycles. The van der Waals surface area contributed by atoms with E-state index in [1.165, 1.54) is 13.2 Å². The molecule has 7 heteroatoms. The standard InChI is InChI=1S/C12H17NO5S/c1-9-7-10-11(18-6-5-17-10)8-12(9)19(14,15)13-3-4-16-2/h7-8,13H,3-6H2,1-2H3. The van der Waals surface area contributed by atoms with Gasteiger partial charge in [-0.25, -0.2) is 13.1 Å². The summed E-state index contributed by atoms with van der Waals surface area (Å²) < 4.78 is 42.4. The second kappa shape index (κ2) is 5.77. The Morgan fingerprint density at radius 3 is 2.53 bits per heavy atom. The molecular weight excluding hydrogens is 270 g/mol. The highest BCUT2D eigenvalue weighted by Gasteiger charge is 2.21. The molecule has 2 rings (SSSR count). The average Bonchev–Trinajstić information content (AvgIpc) is 2.38. The van der Waals surface area contributed by atoms with E-state index in [9.17, 15) is 8.42 Å². The van der Waals surface area contributed by atoms with E-state index in [1.54, 1.807) is 13.0 Å². The molecule has 6 nitrogen and oxygen atoms in total. The lowest BCUT2D eigenvalue weighted by Gasteiger charge is -2.20. The molecule has 1 aromatic carbocycles. The first-order valence-electron chi connectivity index (χ1n) is 5.93. The zero-order valence-electron chi connectivity index (χ0n) is 10.9. The Kier molecular flexibility index (Phi) is 4.28. The number of hydrogen-bond donors (Lipinski definition) is 1. The molecule has 0 saturated carbocycles.